The summed E-state index contributed by atoms with van der Waals surface area (Å²) in [5.74, 6) is -1.38. The number of aliphatic hydroxyl groups excluding tert-OH is 1. The Kier molecular flexibility index (Phi) is 5.32. The number of carbonyl (C=O) groups is 1. The van der Waals surface area contributed by atoms with E-state index in [0.29, 0.717) is 12.1 Å². The van der Waals surface area contributed by atoms with E-state index in [1.807, 2.05) is 12.1 Å². The quantitative estimate of drug-likeness (QED) is 0.567. The van der Waals surface area contributed by atoms with Gasteiger partial charge in [-0.2, -0.15) is 0 Å². The Morgan fingerprint density at radius 1 is 1.22 bits per heavy atom. The number of carbonyl (C=O) groups excluding carboxylic acids is 1. The van der Waals surface area contributed by atoms with Crippen LogP contribution in [0.3, 0.4) is 0 Å². The van der Waals surface area contributed by atoms with Crippen molar-refractivity contribution in [2.75, 3.05) is 6.61 Å². The van der Waals surface area contributed by atoms with E-state index in [1.54, 1.807) is 41.2 Å². The zero-order valence-corrected chi connectivity index (χ0v) is 17.2. The van der Waals surface area contributed by atoms with E-state index >= 15 is 0 Å². The molecule has 0 aliphatic carbocycles. The van der Waals surface area contributed by atoms with Gasteiger partial charge in [-0.1, -0.05) is 18.2 Å². The number of nitrogens with zero attached hydrogens (tertiary/aromatic N) is 2. The van der Waals surface area contributed by atoms with Crippen molar-refractivity contribution >= 4 is 5.91 Å². The molecule has 2 bridgehead atoms. The number of halogens is 1. The summed E-state index contributed by atoms with van der Waals surface area (Å²) >= 11 is 0. The molecule has 5 rings (SSSR count). The van der Waals surface area contributed by atoms with Crippen LogP contribution in [-0.2, 0) is 17.9 Å². The molecule has 0 saturated carbocycles. The van der Waals surface area contributed by atoms with Gasteiger partial charge in [0.2, 0.25) is 5.91 Å². The highest BCUT2D eigenvalue weighted by Gasteiger charge is 2.50. The van der Waals surface area contributed by atoms with E-state index in [9.17, 15) is 19.1 Å². The number of amides is 1. The Morgan fingerprint density at radius 2 is 2.03 bits per heavy atom. The summed E-state index contributed by atoms with van der Waals surface area (Å²) in [6, 6.07) is 12.6. The lowest BCUT2D eigenvalue weighted by Crippen LogP contribution is -2.43. The van der Waals surface area contributed by atoms with Crippen LogP contribution in [0.4, 0.5) is 4.39 Å². The number of nitrogens with one attached hydrogen (secondary N) is 2. The minimum absolute atomic E-state index is 0.129. The van der Waals surface area contributed by atoms with Crippen LogP contribution in [0.5, 0.6) is 0 Å². The monoisotopic (exact) mass is 434 g/mol. The molecule has 1 aromatic carbocycles. The van der Waals surface area contributed by atoms with Gasteiger partial charge in [0.05, 0.1) is 12.0 Å². The van der Waals surface area contributed by atoms with Crippen molar-refractivity contribution in [3.8, 4) is 11.1 Å². The molecule has 8 heteroatoms. The molecule has 2 aromatic heterocycles. The summed E-state index contributed by atoms with van der Waals surface area (Å²) in [6.07, 6.45) is 3.31. The maximum absolute atomic E-state index is 13.3. The maximum atomic E-state index is 13.3. The van der Waals surface area contributed by atoms with Crippen LogP contribution in [0.2, 0.25) is 0 Å². The molecule has 4 heterocycles. The molecule has 7 nitrogen and oxygen atoms in total. The largest absolute Gasteiger partial charge is 0.396 e. The van der Waals surface area contributed by atoms with Crippen molar-refractivity contribution in [1.82, 2.24) is 20.2 Å². The molecule has 3 N–H and O–H groups in total. The summed E-state index contributed by atoms with van der Waals surface area (Å²) in [5, 5.41) is 16.4. The Balaban J connectivity index is 1.44. The SMILES string of the molecule is O=C(NCc1ccc(F)cc1)[C@@H]1[C@@H](CO)[C@@H]2Cn3c(ccc(-c4cccnc4)c3=O)[C@H]1N2. The molecule has 2 aliphatic rings. The normalized spacial score (nSPS) is 23.6. The molecule has 0 radical (unpaired) electrons. The minimum atomic E-state index is -0.525. The van der Waals surface area contributed by atoms with Crippen molar-refractivity contribution in [2.45, 2.75) is 25.2 Å². The molecule has 0 unspecified atom stereocenters. The highest BCUT2D eigenvalue weighted by molar-refractivity contribution is 5.80. The highest BCUT2D eigenvalue weighted by atomic mass is 19.1. The van der Waals surface area contributed by atoms with Gasteiger partial charge in [-0.05, 0) is 35.9 Å². The van der Waals surface area contributed by atoms with Crippen molar-refractivity contribution in [3.63, 3.8) is 0 Å². The zero-order chi connectivity index (χ0) is 22.2. The third kappa shape index (κ3) is 3.51. The molecular formula is C24H23FN4O3. The molecule has 32 heavy (non-hydrogen) atoms. The molecule has 2 aliphatic heterocycles. The number of rotatable bonds is 5. The molecule has 1 saturated heterocycles. The van der Waals surface area contributed by atoms with Crippen molar-refractivity contribution < 1.29 is 14.3 Å². The standard InChI is InChI=1S/C24H23FN4O3/c25-16-5-3-14(4-6-16)10-27-23(31)21-18(13-30)19-12-29-20(22(21)28-19)8-7-17(24(29)32)15-2-1-9-26-11-15/h1-9,11,18-19,21-22,28,30H,10,12-13H2,(H,27,31)/t18-,19-,21+,22+/m0/s1. The Morgan fingerprint density at radius 3 is 2.75 bits per heavy atom. The van der Waals surface area contributed by atoms with Crippen LogP contribution >= 0.6 is 0 Å². The van der Waals surface area contributed by atoms with Gasteiger partial charge in [0.15, 0.2) is 0 Å². The van der Waals surface area contributed by atoms with Crippen molar-refractivity contribution in [1.29, 1.82) is 0 Å². The van der Waals surface area contributed by atoms with Crippen LogP contribution in [0.1, 0.15) is 17.3 Å². The van der Waals surface area contributed by atoms with Gasteiger partial charge in [0, 0.05) is 60.9 Å². The highest BCUT2D eigenvalue weighted by Crippen LogP contribution is 2.41. The lowest BCUT2D eigenvalue weighted by molar-refractivity contribution is -0.127. The predicted octanol–water partition coefficient (Wildman–Crippen LogP) is 1.62. The fourth-order valence-electron chi connectivity index (χ4n) is 4.90. The lowest BCUT2D eigenvalue weighted by Gasteiger charge is -2.28. The summed E-state index contributed by atoms with van der Waals surface area (Å²) in [5.41, 5.74) is 2.69. The first-order valence-electron chi connectivity index (χ1n) is 10.6. The second-order valence-corrected chi connectivity index (χ2v) is 8.30. The van der Waals surface area contributed by atoms with E-state index in [4.69, 9.17) is 0 Å². The van der Waals surface area contributed by atoms with Gasteiger partial charge in [0.1, 0.15) is 5.82 Å². The van der Waals surface area contributed by atoms with Crippen LogP contribution < -0.4 is 16.2 Å². The third-order valence-corrected chi connectivity index (χ3v) is 6.50. The van der Waals surface area contributed by atoms with Crippen LogP contribution in [0.25, 0.3) is 11.1 Å². The molecule has 1 fully saturated rings. The third-order valence-electron chi connectivity index (χ3n) is 6.50. The number of pyridine rings is 2. The Labute approximate surface area is 183 Å². The number of hydrogen-bond acceptors (Lipinski definition) is 5. The molecule has 3 aromatic rings. The summed E-state index contributed by atoms with van der Waals surface area (Å²) in [7, 11) is 0. The average Bonchev–Trinajstić information content (AvgIpc) is 3.12. The second-order valence-electron chi connectivity index (χ2n) is 8.30. The first kappa shape index (κ1) is 20.5. The van der Waals surface area contributed by atoms with Gasteiger partial charge in [-0.25, -0.2) is 4.39 Å². The zero-order valence-electron chi connectivity index (χ0n) is 17.2. The number of benzene rings is 1. The van der Waals surface area contributed by atoms with E-state index < -0.39 is 5.92 Å². The number of hydrogen-bond donors (Lipinski definition) is 3. The van der Waals surface area contributed by atoms with E-state index in [-0.39, 0.29) is 48.4 Å². The van der Waals surface area contributed by atoms with Gasteiger partial charge in [0.25, 0.3) is 5.56 Å². The summed E-state index contributed by atoms with van der Waals surface area (Å²) < 4.78 is 14.8. The number of fused-ring (bicyclic) bond motifs is 4. The van der Waals surface area contributed by atoms with Gasteiger partial charge < -0.3 is 20.3 Å². The van der Waals surface area contributed by atoms with Crippen molar-refractivity contribution in [2.24, 2.45) is 11.8 Å². The minimum Gasteiger partial charge on any atom is -0.396 e. The van der Waals surface area contributed by atoms with Crippen LogP contribution in [0, 0.1) is 17.7 Å². The molecule has 0 spiro atoms. The number of aromatic nitrogens is 2. The van der Waals surface area contributed by atoms with Crippen LogP contribution in [0.15, 0.2) is 65.7 Å². The van der Waals surface area contributed by atoms with Gasteiger partial charge in [-0.3, -0.25) is 14.6 Å². The summed E-state index contributed by atoms with van der Waals surface area (Å²) in [4.78, 5) is 30.5. The summed E-state index contributed by atoms with van der Waals surface area (Å²) in [6.45, 7) is 0.477. The predicted molar refractivity (Wildman–Crippen MR) is 116 cm³/mol. The van der Waals surface area contributed by atoms with Crippen LogP contribution in [-0.4, -0.2) is 33.2 Å². The maximum Gasteiger partial charge on any atom is 0.258 e. The topological polar surface area (TPSA) is 96.2 Å². The lowest BCUT2D eigenvalue weighted by atomic mass is 9.86. The Hall–Kier alpha value is -3.36. The van der Waals surface area contributed by atoms with E-state index in [1.165, 1.54) is 12.1 Å². The molecular weight excluding hydrogens is 411 g/mol. The first-order chi connectivity index (χ1) is 15.6. The second kappa shape index (κ2) is 8.29. The fraction of sp³-hybridized carbons (Fsp3) is 0.292. The average molecular weight is 434 g/mol. The van der Waals surface area contributed by atoms with E-state index in [0.717, 1.165) is 16.8 Å². The molecule has 4 atom stereocenters. The van der Waals surface area contributed by atoms with Crippen molar-refractivity contribution in [3.05, 3.63) is 88.4 Å². The number of aliphatic hydroxyl groups is 1. The smallest absolute Gasteiger partial charge is 0.258 e. The Bertz CT molecular complexity index is 1200. The molecule has 164 valence electrons. The fourth-order valence-corrected chi connectivity index (χ4v) is 4.90. The van der Waals surface area contributed by atoms with E-state index in [2.05, 4.69) is 15.6 Å². The van der Waals surface area contributed by atoms with Gasteiger partial charge >= 0.3 is 0 Å². The molecule has 1 amide bonds. The first-order valence-corrected chi connectivity index (χ1v) is 10.6. The van der Waals surface area contributed by atoms with Gasteiger partial charge in [-0.15, -0.1) is 0 Å².